The summed E-state index contributed by atoms with van der Waals surface area (Å²) >= 11 is 1.75. The lowest BCUT2D eigenvalue weighted by atomic mass is 10.2. The first-order valence-electron chi connectivity index (χ1n) is 7.36. The van der Waals surface area contributed by atoms with E-state index in [4.69, 9.17) is 5.11 Å². The SMILES string of the molecule is O=C(O)CCN(C(=O)CCCSc1ccccc1)C1CC1. The first-order valence-corrected chi connectivity index (χ1v) is 8.34. The molecule has 1 aliphatic carbocycles. The second-order valence-electron chi connectivity index (χ2n) is 5.23. The summed E-state index contributed by atoms with van der Waals surface area (Å²) in [5.74, 6) is 0.174. The van der Waals surface area contributed by atoms with Crippen LogP contribution in [0, 0.1) is 0 Å². The summed E-state index contributed by atoms with van der Waals surface area (Å²) in [5.41, 5.74) is 0. The molecule has 21 heavy (non-hydrogen) atoms. The largest absolute Gasteiger partial charge is 0.481 e. The van der Waals surface area contributed by atoms with Crippen LogP contribution in [0.15, 0.2) is 35.2 Å². The first kappa shape index (κ1) is 15.9. The van der Waals surface area contributed by atoms with Crippen molar-refractivity contribution in [1.29, 1.82) is 0 Å². The van der Waals surface area contributed by atoms with Gasteiger partial charge in [0.25, 0.3) is 0 Å². The zero-order valence-electron chi connectivity index (χ0n) is 12.0. The smallest absolute Gasteiger partial charge is 0.305 e. The Labute approximate surface area is 129 Å². The number of carbonyl (C=O) groups is 2. The van der Waals surface area contributed by atoms with Gasteiger partial charge in [0.2, 0.25) is 5.91 Å². The van der Waals surface area contributed by atoms with Crippen LogP contribution < -0.4 is 0 Å². The fraction of sp³-hybridized carbons (Fsp3) is 0.500. The fourth-order valence-electron chi connectivity index (χ4n) is 2.19. The molecule has 1 N–H and O–H groups in total. The standard InChI is InChI=1S/C16H21NO3S/c18-15(17(13-8-9-13)11-10-16(19)20)7-4-12-21-14-5-2-1-3-6-14/h1-3,5-6,13H,4,7-12H2,(H,19,20). The Bertz CT molecular complexity index is 474. The minimum absolute atomic E-state index is 0.0427. The number of thioether (sulfide) groups is 1. The minimum atomic E-state index is -0.840. The molecule has 1 amide bonds. The lowest BCUT2D eigenvalue weighted by Gasteiger charge is -2.21. The molecule has 0 atom stereocenters. The van der Waals surface area contributed by atoms with E-state index in [0.717, 1.165) is 25.0 Å². The van der Waals surface area contributed by atoms with E-state index in [-0.39, 0.29) is 12.3 Å². The van der Waals surface area contributed by atoms with Gasteiger partial charge in [-0.05, 0) is 37.1 Å². The van der Waals surface area contributed by atoms with Gasteiger partial charge in [0.15, 0.2) is 0 Å². The van der Waals surface area contributed by atoms with Gasteiger partial charge in [-0.1, -0.05) is 18.2 Å². The highest BCUT2D eigenvalue weighted by molar-refractivity contribution is 7.99. The molecule has 1 aliphatic rings. The normalized spacial score (nSPS) is 13.9. The number of carboxylic acid groups (broad SMARTS) is 1. The molecule has 0 aromatic heterocycles. The number of hydrogen-bond donors (Lipinski definition) is 1. The molecule has 0 radical (unpaired) electrons. The Kier molecular flexibility index (Phi) is 6.11. The monoisotopic (exact) mass is 307 g/mol. The van der Waals surface area contributed by atoms with Crippen molar-refractivity contribution in [2.24, 2.45) is 0 Å². The molecule has 0 unspecified atom stereocenters. The number of hydrogen-bond acceptors (Lipinski definition) is 3. The van der Waals surface area contributed by atoms with E-state index in [2.05, 4.69) is 12.1 Å². The third-order valence-electron chi connectivity index (χ3n) is 3.42. The van der Waals surface area contributed by atoms with Crippen LogP contribution in [0.4, 0.5) is 0 Å². The van der Waals surface area contributed by atoms with Gasteiger partial charge in [-0.2, -0.15) is 0 Å². The Balaban J connectivity index is 1.68. The van der Waals surface area contributed by atoms with Crippen molar-refractivity contribution in [3.63, 3.8) is 0 Å². The highest BCUT2D eigenvalue weighted by Crippen LogP contribution is 2.28. The van der Waals surface area contributed by atoms with Gasteiger partial charge in [-0.3, -0.25) is 9.59 Å². The Morgan fingerprint density at radius 1 is 1.19 bits per heavy atom. The molecule has 114 valence electrons. The predicted octanol–water partition coefficient (Wildman–Crippen LogP) is 3.02. The molecule has 4 nitrogen and oxygen atoms in total. The zero-order chi connectivity index (χ0) is 15.1. The maximum atomic E-state index is 12.2. The summed E-state index contributed by atoms with van der Waals surface area (Å²) in [5, 5.41) is 8.75. The summed E-state index contributed by atoms with van der Waals surface area (Å²) in [6, 6.07) is 10.4. The molecule has 2 rings (SSSR count). The predicted molar refractivity (Wildman–Crippen MR) is 83.4 cm³/mol. The highest BCUT2D eigenvalue weighted by atomic mass is 32.2. The van der Waals surface area contributed by atoms with Crippen molar-refractivity contribution in [3.05, 3.63) is 30.3 Å². The maximum Gasteiger partial charge on any atom is 0.305 e. The molecule has 0 spiro atoms. The van der Waals surface area contributed by atoms with E-state index in [9.17, 15) is 9.59 Å². The van der Waals surface area contributed by atoms with Crippen LogP contribution in [-0.2, 0) is 9.59 Å². The fourth-order valence-corrected chi connectivity index (χ4v) is 3.06. The summed E-state index contributed by atoms with van der Waals surface area (Å²) < 4.78 is 0. The van der Waals surface area contributed by atoms with Gasteiger partial charge < -0.3 is 10.0 Å². The second kappa shape index (κ2) is 8.08. The van der Waals surface area contributed by atoms with Gasteiger partial charge >= 0.3 is 5.97 Å². The van der Waals surface area contributed by atoms with E-state index in [1.165, 1.54) is 4.90 Å². The molecule has 0 bridgehead atoms. The lowest BCUT2D eigenvalue weighted by molar-refractivity contribution is -0.138. The van der Waals surface area contributed by atoms with Crippen LogP contribution >= 0.6 is 11.8 Å². The third kappa shape index (κ3) is 5.79. The molecular weight excluding hydrogens is 286 g/mol. The number of rotatable bonds is 9. The Morgan fingerprint density at radius 3 is 2.52 bits per heavy atom. The average Bonchev–Trinajstić information content (AvgIpc) is 3.29. The maximum absolute atomic E-state index is 12.2. The molecule has 1 fully saturated rings. The van der Waals surface area contributed by atoms with E-state index in [1.54, 1.807) is 16.7 Å². The van der Waals surface area contributed by atoms with Gasteiger partial charge in [0.1, 0.15) is 0 Å². The minimum Gasteiger partial charge on any atom is -0.481 e. The summed E-state index contributed by atoms with van der Waals surface area (Å²) in [6.45, 7) is 0.352. The molecule has 0 saturated heterocycles. The molecular formula is C16H21NO3S. The van der Waals surface area contributed by atoms with Crippen molar-refractivity contribution in [1.82, 2.24) is 4.90 Å². The van der Waals surface area contributed by atoms with Crippen LogP contribution in [0.2, 0.25) is 0 Å². The van der Waals surface area contributed by atoms with Gasteiger partial charge in [-0.25, -0.2) is 0 Å². The van der Waals surface area contributed by atoms with E-state index < -0.39 is 5.97 Å². The summed E-state index contributed by atoms with van der Waals surface area (Å²) in [6.07, 6.45) is 3.42. The Morgan fingerprint density at radius 2 is 1.90 bits per heavy atom. The van der Waals surface area contributed by atoms with Crippen molar-refractivity contribution in [3.8, 4) is 0 Å². The number of carboxylic acids is 1. The number of aliphatic carboxylic acids is 1. The molecule has 5 heteroatoms. The number of nitrogens with zero attached hydrogens (tertiary/aromatic N) is 1. The lowest BCUT2D eigenvalue weighted by Crippen LogP contribution is -2.34. The van der Waals surface area contributed by atoms with Crippen LogP contribution in [0.1, 0.15) is 32.1 Å². The molecule has 1 aromatic carbocycles. The molecule has 0 aliphatic heterocycles. The molecule has 1 aromatic rings. The zero-order valence-corrected chi connectivity index (χ0v) is 12.8. The third-order valence-corrected chi connectivity index (χ3v) is 4.52. The summed E-state index contributed by atoms with van der Waals surface area (Å²) in [7, 11) is 0. The number of benzene rings is 1. The Hall–Kier alpha value is -1.49. The van der Waals surface area contributed by atoms with Crippen LogP contribution in [0.25, 0.3) is 0 Å². The van der Waals surface area contributed by atoms with E-state index in [1.807, 2.05) is 18.2 Å². The summed E-state index contributed by atoms with van der Waals surface area (Å²) in [4.78, 5) is 25.8. The molecule has 1 saturated carbocycles. The van der Waals surface area contributed by atoms with Crippen molar-refractivity contribution >= 4 is 23.6 Å². The van der Waals surface area contributed by atoms with Crippen molar-refractivity contribution in [2.45, 2.75) is 43.0 Å². The number of carbonyl (C=O) groups excluding carboxylic acids is 1. The van der Waals surface area contributed by atoms with Crippen LogP contribution in [0.3, 0.4) is 0 Å². The number of amides is 1. The topological polar surface area (TPSA) is 57.6 Å². The first-order chi connectivity index (χ1) is 10.2. The molecule has 0 heterocycles. The quantitative estimate of drug-likeness (QED) is 0.563. The van der Waals surface area contributed by atoms with Gasteiger partial charge in [0.05, 0.1) is 6.42 Å². The average molecular weight is 307 g/mol. The van der Waals surface area contributed by atoms with Crippen LogP contribution in [0.5, 0.6) is 0 Å². The van der Waals surface area contributed by atoms with Crippen molar-refractivity contribution < 1.29 is 14.7 Å². The van der Waals surface area contributed by atoms with Crippen LogP contribution in [-0.4, -0.2) is 40.2 Å². The van der Waals surface area contributed by atoms with Crippen molar-refractivity contribution in [2.75, 3.05) is 12.3 Å². The van der Waals surface area contributed by atoms with E-state index >= 15 is 0 Å². The van der Waals surface area contributed by atoms with Gasteiger partial charge in [-0.15, -0.1) is 11.8 Å². The van der Waals surface area contributed by atoms with E-state index in [0.29, 0.717) is 19.0 Å². The van der Waals surface area contributed by atoms with Gasteiger partial charge in [0, 0.05) is 23.9 Å². The highest BCUT2D eigenvalue weighted by Gasteiger charge is 2.32. The second-order valence-corrected chi connectivity index (χ2v) is 6.40.